The molecule has 1 rings (SSSR count). The summed E-state index contributed by atoms with van der Waals surface area (Å²) in [5.74, 6) is -1.17. The smallest absolute Gasteiger partial charge is 0.319 e. The molecule has 0 aliphatic heterocycles. The fraction of sp³-hybridized carbons (Fsp3) is 0.500. The molecular weight excluding hydrogens is 268 g/mol. The Labute approximate surface area is 125 Å². The van der Waals surface area contributed by atoms with E-state index in [1.165, 1.54) is 0 Å². The first-order valence-electron chi connectivity index (χ1n) is 7.15. The number of urea groups is 1. The van der Waals surface area contributed by atoms with Crippen molar-refractivity contribution in [2.75, 3.05) is 11.9 Å². The molecule has 3 N–H and O–H groups in total. The number of hydrogen-bond acceptors (Lipinski definition) is 2. The van der Waals surface area contributed by atoms with E-state index in [9.17, 15) is 9.59 Å². The summed E-state index contributed by atoms with van der Waals surface area (Å²) in [7, 11) is 0. The van der Waals surface area contributed by atoms with Crippen LogP contribution in [0.2, 0.25) is 0 Å². The number of benzene rings is 1. The minimum atomic E-state index is -0.879. The van der Waals surface area contributed by atoms with E-state index in [2.05, 4.69) is 10.6 Å². The number of rotatable bonds is 6. The minimum absolute atomic E-state index is 0.129. The van der Waals surface area contributed by atoms with Crippen molar-refractivity contribution < 1.29 is 14.7 Å². The topological polar surface area (TPSA) is 78.4 Å². The third kappa shape index (κ3) is 5.45. The van der Waals surface area contributed by atoms with Crippen molar-refractivity contribution in [1.82, 2.24) is 5.32 Å². The number of carboxylic acids is 1. The van der Waals surface area contributed by atoms with Gasteiger partial charge in [-0.3, -0.25) is 4.79 Å². The Hall–Kier alpha value is -2.04. The van der Waals surface area contributed by atoms with Crippen LogP contribution in [0, 0.1) is 25.7 Å². The number of aliphatic carboxylic acids is 1. The van der Waals surface area contributed by atoms with Gasteiger partial charge in [-0.2, -0.15) is 0 Å². The van der Waals surface area contributed by atoms with Gasteiger partial charge >= 0.3 is 12.0 Å². The van der Waals surface area contributed by atoms with Crippen molar-refractivity contribution in [2.24, 2.45) is 11.8 Å². The Kier molecular flexibility index (Phi) is 6.21. The SMILES string of the molecule is Cc1cccc(NC(=O)NCC(CC(C)C)C(=O)O)c1C. The van der Waals surface area contributed by atoms with Crippen molar-refractivity contribution in [2.45, 2.75) is 34.1 Å². The summed E-state index contributed by atoms with van der Waals surface area (Å²) in [4.78, 5) is 23.0. The summed E-state index contributed by atoms with van der Waals surface area (Å²) in [6.07, 6.45) is 0.541. The summed E-state index contributed by atoms with van der Waals surface area (Å²) >= 11 is 0. The average Bonchev–Trinajstić information content (AvgIpc) is 2.39. The fourth-order valence-electron chi connectivity index (χ4n) is 2.11. The highest BCUT2D eigenvalue weighted by molar-refractivity contribution is 5.90. The van der Waals surface area contributed by atoms with Gasteiger partial charge in [0.1, 0.15) is 0 Å². The average molecular weight is 292 g/mol. The highest BCUT2D eigenvalue weighted by atomic mass is 16.4. The lowest BCUT2D eigenvalue weighted by Crippen LogP contribution is -2.36. The molecule has 0 aliphatic rings. The molecule has 0 radical (unpaired) electrons. The van der Waals surface area contributed by atoms with Crippen LogP contribution in [-0.4, -0.2) is 23.7 Å². The predicted molar refractivity (Wildman–Crippen MR) is 83.5 cm³/mol. The molecule has 0 aromatic heterocycles. The van der Waals surface area contributed by atoms with Gasteiger partial charge in [0.2, 0.25) is 0 Å². The molecule has 5 heteroatoms. The molecule has 0 bridgehead atoms. The molecule has 116 valence electrons. The summed E-state index contributed by atoms with van der Waals surface area (Å²) in [6.45, 7) is 7.97. The lowest BCUT2D eigenvalue weighted by molar-refractivity contribution is -0.142. The predicted octanol–water partition coefficient (Wildman–Crippen LogP) is 3.17. The number of nitrogens with one attached hydrogen (secondary N) is 2. The van der Waals surface area contributed by atoms with E-state index < -0.39 is 11.9 Å². The van der Waals surface area contributed by atoms with Crippen LogP contribution in [0.15, 0.2) is 18.2 Å². The molecule has 0 saturated heterocycles. The first-order valence-corrected chi connectivity index (χ1v) is 7.15. The zero-order chi connectivity index (χ0) is 16.0. The second-order valence-electron chi connectivity index (χ2n) is 5.75. The molecule has 0 saturated carbocycles. The van der Waals surface area contributed by atoms with E-state index in [1.54, 1.807) is 0 Å². The zero-order valence-corrected chi connectivity index (χ0v) is 13.1. The molecule has 5 nitrogen and oxygen atoms in total. The van der Waals surface area contributed by atoms with E-state index >= 15 is 0 Å². The van der Waals surface area contributed by atoms with Crippen molar-refractivity contribution in [1.29, 1.82) is 0 Å². The minimum Gasteiger partial charge on any atom is -0.481 e. The summed E-state index contributed by atoms with van der Waals surface area (Å²) in [5, 5.41) is 14.5. The Bertz CT molecular complexity index is 512. The highest BCUT2D eigenvalue weighted by Crippen LogP contribution is 2.17. The maximum atomic E-state index is 11.9. The van der Waals surface area contributed by atoms with Gasteiger partial charge in [-0.15, -0.1) is 0 Å². The fourth-order valence-corrected chi connectivity index (χ4v) is 2.11. The molecule has 1 atom stereocenters. The molecular formula is C16H24N2O3. The maximum Gasteiger partial charge on any atom is 0.319 e. The Morgan fingerprint density at radius 2 is 1.90 bits per heavy atom. The molecule has 0 fully saturated rings. The van der Waals surface area contributed by atoms with Gasteiger partial charge < -0.3 is 15.7 Å². The maximum absolute atomic E-state index is 11.9. The number of anilines is 1. The lowest BCUT2D eigenvalue weighted by atomic mass is 9.97. The number of carboxylic acid groups (broad SMARTS) is 1. The first-order chi connectivity index (χ1) is 9.81. The van der Waals surface area contributed by atoms with Gasteiger partial charge in [0.25, 0.3) is 0 Å². The molecule has 21 heavy (non-hydrogen) atoms. The molecule has 1 aromatic carbocycles. The number of amides is 2. The van der Waals surface area contributed by atoms with Gasteiger partial charge in [-0.25, -0.2) is 4.79 Å². The molecule has 1 unspecified atom stereocenters. The Morgan fingerprint density at radius 1 is 1.24 bits per heavy atom. The van der Waals surface area contributed by atoms with E-state index in [0.717, 1.165) is 16.8 Å². The second kappa shape index (κ2) is 7.67. The van der Waals surface area contributed by atoms with Gasteiger partial charge in [0.15, 0.2) is 0 Å². The van der Waals surface area contributed by atoms with E-state index in [0.29, 0.717) is 6.42 Å². The van der Waals surface area contributed by atoms with Crippen LogP contribution in [0.4, 0.5) is 10.5 Å². The van der Waals surface area contributed by atoms with Crippen LogP contribution in [0.1, 0.15) is 31.4 Å². The number of hydrogen-bond donors (Lipinski definition) is 3. The number of carbonyl (C=O) groups excluding carboxylic acids is 1. The third-order valence-corrected chi connectivity index (χ3v) is 3.47. The van der Waals surface area contributed by atoms with Crippen LogP contribution in [-0.2, 0) is 4.79 Å². The van der Waals surface area contributed by atoms with Gasteiger partial charge in [0.05, 0.1) is 5.92 Å². The van der Waals surface area contributed by atoms with Crippen molar-refractivity contribution in [3.8, 4) is 0 Å². The van der Waals surface area contributed by atoms with Crippen LogP contribution >= 0.6 is 0 Å². The van der Waals surface area contributed by atoms with Crippen LogP contribution in [0.25, 0.3) is 0 Å². The van der Waals surface area contributed by atoms with E-state index in [4.69, 9.17) is 5.11 Å². The van der Waals surface area contributed by atoms with Crippen molar-refractivity contribution in [3.63, 3.8) is 0 Å². The molecule has 0 aliphatic carbocycles. The normalized spacial score (nSPS) is 12.0. The van der Waals surface area contributed by atoms with Gasteiger partial charge in [-0.1, -0.05) is 26.0 Å². The van der Waals surface area contributed by atoms with E-state index in [1.807, 2.05) is 45.9 Å². The lowest BCUT2D eigenvalue weighted by Gasteiger charge is -2.16. The van der Waals surface area contributed by atoms with Crippen LogP contribution in [0.3, 0.4) is 0 Å². The summed E-state index contributed by atoms with van der Waals surface area (Å²) < 4.78 is 0. The van der Waals surface area contributed by atoms with Gasteiger partial charge in [-0.05, 0) is 43.4 Å². The molecule has 1 aromatic rings. The summed E-state index contributed by atoms with van der Waals surface area (Å²) in [5.41, 5.74) is 2.84. The van der Waals surface area contributed by atoms with Crippen molar-refractivity contribution >= 4 is 17.7 Å². The molecule has 0 heterocycles. The quantitative estimate of drug-likeness (QED) is 0.753. The zero-order valence-electron chi connectivity index (χ0n) is 13.1. The monoisotopic (exact) mass is 292 g/mol. The number of carbonyl (C=O) groups is 2. The molecule has 2 amide bonds. The van der Waals surface area contributed by atoms with Crippen LogP contribution in [0.5, 0.6) is 0 Å². The van der Waals surface area contributed by atoms with Crippen LogP contribution < -0.4 is 10.6 Å². The number of aryl methyl sites for hydroxylation is 1. The standard InChI is InChI=1S/C16H24N2O3/c1-10(2)8-13(15(19)20)9-17-16(21)18-14-7-5-6-11(3)12(14)4/h5-7,10,13H,8-9H2,1-4H3,(H,19,20)(H2,17,18,21). The first kappa shape index (κ1) is 17.0. The van der Waals surface area contributed by atoms with E-state index in [-0.39, 0.29) is 18.5 Å². The second-order valence-corrected chi connectivity index (χ2v) is 5.75. The third-order valence-electron chi connectivity index (χ3n) is 3.47. The highest BCUT2D eigenvalue weighted by Gasteiger charge is 2.19. The summed E-state index contributed by atoms with van der Waals surface area (Å²) in [6, 6.07) is 5.29. The van der Waals surface area contributed by atoms with Crippen molar-refractivity contribution in [3.05, 3.63) is 29.3 Å². The Balaban J connectivity index is 2.57. The largest absolute Gasteiger partial charge is 0.481 e. The Morgan fingerprint density at radius 3 is 2.48 bits per heavy atom. The van der Waals surface area contributed by atoms with Gasteiger partial charge in [0, 0.05) is 12.2 Å². The molecule has 0 spiro atoms.